The van der Waals surface area contributed by atoms with Gasteiger partial charge in [0, 0.05) is 19.2 Å². The zero-order valence-corrected chi connectivity index (χ0v) is 8.13. The summed E-state index contributed by atoms with van der Waals surface area (Å²) in [5, 5.41) is 13.5. The molecule has 0 amide bonds. The zero-order chi connectivity index (χ0) is 9.30. The third-order valence-corrected chi connectivity index (χ3v) is 2.16. The second kappa shape index (κ2) is 3.27. The van der Waals surface area contributed by atoms with Crippen molar-refractivity contribution in [3.8, 4) is 0 Å². The first-order valence-electron chi connectivity index (χ1n) is 4.19. The van der Waals surface area contributed by atoms with Gasteiger partial charge in [-0.15, -0.1) is 0 Å². The Hall–Kier alpha value is -0.830. The third-order valence-electron chi connectivity index (χ3n) is 2.16. The van der Waals surface area contributed by atoms with Gasteiger partial charge in [0.05, 0.1) is 11.8 Å². The van der Waals surface area contributed by atoms with Gasteiger partial charge in [-0.1, -0.05) is 0 Å². The topological polar surface area (TPSA) is 38.0 Å². The highest BCUT2D eigenvalue weighted by atomic mass is 16.3. The maximum atomic E-state index is 9.23. The molecule has 0 saturated carbocycles. The predicted octanol–water partition coefficient (Wildman–Crippen LogP) is 0.960. The zero-order valence-electron chi connectivity index (χ0n) is 8.13. The Morgan fingerprint density at radius 1 is 1.50 bits per heavy atom. The molecule has 12 heavy (non-hydrogen) atoms. The Kier molecular flexibility index (Phi) is 2.52. The minimum absolute atomic E-state index is 0.286. The molecule has 0 fully saturated rings. The van der Waals surface area contributed by atoms with Crippen molar-refractivity contribution in [1.29, 1.82) is 0 Å². The first kappa shape index (κ1) is 9.26. The third kappa shape index (κ3) is 1.67. The molecule has 1 rings (SSSR count). The second-order valence-electron chi connectivity index (χ2n) is 3.33. The number of aryl methyl sites for hydroxylation is 2. The van der Waals surface area contributed by atoms with Gasteiger partial charge in [0.25, 0.3) is 0 Å². The molecule has 3 nitrogen and oxygen atoms in total. The summed E-state index contributed by atoms with van der Waals surface area (Å²) in [5.41, 5.74) is 3.34. The molecule has 0 unspecified atom stereocenters. The second-order valence-corrected chi connectivity index (χ2v) is 3.33. The van der Waals surface area contributed by atoms with E-state index in [0.717, 1.165) is 11.4 Å². The Balaban J connectivity index is 2.97. The summed E-state index contributed by atoms with van der Waals surface area (Å²) in [6, 6.07) is 0. The molecule has 3 heteroatoms. The highest BCUT2D eigenvalue weighted by molar-refractivity contribution is 5.24. The molecule has 1 aromatic rings. The first-order chi connectivity index (χ1) is 5.52. The summed E-state index contributed by atoms with van der Waals surface area (Å²) in [5.74, 6) is 0. The summed E-state index contributed by atoms with van der Waals surface area (Å²) in [7, 11) is 1.92. The van der Waals surface area contributed by atoms with Crippen LogP contribution < -0.4 is 0 Å². The molecule has 0 aliphatic rings. The molecule has 0 aliphatic carbocycles. The van der Waals surface area contributed by atoms with Gasteiger partial charge in [0.1, 0.15) is 0 Å². The molecule has 0 bridgehead atoms. The molecule has 1 heterocycles. The minimum atomic E-state index is -0.286. The normalized spacial score (nSPS) is 13.4. The van der Waals surface area contributed by atoms with Gasteiger partial charge < -0.3 is 5.11 Å². The summed E-state index contributed by atoms with van der Waals surface area (Å²) in [4.78, 5) is 0. The van der Waals surface area contributed by atoms with Crippen molar-refractivity contribution in [3.63, 3.8) is 0 Å². The van der Waals surface area contributed by atoms with E-state index in [-0.39, 0.29) is 6.10 Å². The molecule has 68 valence electrons. The number of aliphatic hydroxyl groups is 1. The maximum absolute atomic E-state index is 9.23. The highest BCUT2D eigenvalue weighted by Gasteiger charge is 2.10. The monoisotopic (exact) mass is 168 g/mol. The van der Waals surface area contributed by atoms with Crippen LogP contribution in [0, 0.1) is 13.8 Å². The standard InChI is InChI=1S/C9H16N2O/c1-6(12)5-9-7(2)10-11(4)8(9)3/h6,12H,5H2,1-4H3/t6-/m0/s1. The van der Waals surface area contributed by atoms with Crippen LogP contribution in [0.25, 0.3) is 0 Å². The van der Waals surface area contributed by atoms with E-state index in [1.807, 2.05) is 25.6 Å². The van der Waals surface area contributed by atoms with E-state index in [1.165, 1.54) is 5.56 Å². The number of aliphatic hydroxyl groups excluding tert-OH is 1. The van der Waals surface area contributed by atoms with Crippen LogP contribution in [-0.4, -0.2) is 21.0 Å². The molecule has 1 atom stereocenters. The Morgan fingerprint density at radius 3 is 2.42 bits per heavy atom. The van der Waals surface area contributed by atoms with Crippen LogP contribution in [0.3, 0.4) is 0 Å². The van der Waals surface area contributed by atoms with E-state index in [1.54, 1.807) is 6.92 Å². The number of hydrogen-bond donors (Lipinski definition) is 1. The summed E-state index contributed by atoms with van der Waals surface area (Å²) in [6.45, 7) is 5.80. The van der Waals surface area contributed by atoms with Gasteiger partial charge in [-0.05, 0) is 26.3 Å². The average molecular weight is 168 g/mol. The lowest BCUT2D eigenvalue weighted by atomic mass is 10.1. The lowest BCUT2D eigenvalue weighted by Gasteiger charge is -2.03. The molecule has 0 saturated heterocycles. The van der Waals surface area contributed by atoms with Gasteiger partial charge in [0.15, 0.2) is 0 Å². The Morgan fingerprint density at radius 2 is 2.08 bits per heavy atom. The minimum Gasteiger partial charge on any atom is -0.393 e. The van der Waals surface area contributed by atoms with Crippen molar-refractivity contribution >= 4 is 0 Å². The van der Waals surface area contributed by atoms with Crippen LogP contribution >= 0.6 is 0 Å². The van der Waals surface area contributed by atoms with E-state index in [2.05, 4.69) is 5.10 Å². The molecule has 0 radical (unpaired) electrons. The molecule has 1 N–H and O–H groups in total. The smallest absolute Gasteiger partial charge is 0.0629 e. The van der Waals surface area contributed by atoms with Crippen LogP contribution in [0.15, 0.2) is 0 Å². The number of hydrogen-bond acceptors (Lipinski definition) is 2. The quantitative estimate of drug-likeness (QED) is 0.714. The van der Waals surface area contributed by atoms with E-state index in [0.29, 0.717) is 6.42 Å². The summed E-state index contributed by atoms with van der Waals surface area (Å²) < 4.78 is 1.85. The van der Waals surface area contributed by atoms with Crippen LogP contribution in [0.5, 0.6) is 0 Å². The van der Waals surface area contributed by atoms with Gasteiger partial charge >= 0.3 is 0 Å². The fraction of sp³-hybridized carbons (Fsp3) is 0.667. The van der Waals surface area contributed by atoms with Crippen LogP contribution in [0.1, 0.15) is 23.9 Å². The Labute approximate surface area is 73.0 Å². The maximum Gasteiger partial charge on any atom is 0.0629 e. The number of rotatable bonds is 2. The van der Waals surface area contributed by atoms with Crippen LogP contribution in [0.2, 0.25) is 0 Å². The highest BCUT2D eigenvalue weighted by Crippen LogP contribution is 2.13. The van der Waals surface area contributed by atoms with Crippen LogP contribution in [-0.2, 0) is 13.5 Å². The SMILES string of the molecule is Cc1nn(C)c(C)c1C[C@H](C)O. The number of aromatic nitrogens is 2. The van der Waals surface area contributed by atoms with Crippen molar-refractivity contribution in [2.75, 3.05) is 0 Å². The van der Waals surface area contributed by atoms with Gasteiger partial charge in [-0.2, -0.15) is 5.10 Å². The van der Waals surface area contributed by atoms with Crippen molar-refractivity contribution in [2.24, 2.45) is 7.05 Å². The van der Waals surface area contributed by atoms with Crippen LogP contribution in [0.4, 0.5) is 0 Å². The fourth-order valence-corrected chi connectivity index (χ4v) is 1.41. The number of nitrogens with zero attached hydrogens (tertiary/aromatic N) is 2. The van der Waals surface area contributed by atoms with Crippen molar-refractivity contribution in [1.82, 2.24) is 9.78 Å². The molecular formula is C9H16N2O. The van der Waals surface area contributed by atoms with E-state index in [4.69, 9.17) is 0 Å². The molecule has 1 aromatic heterocycles. The average Bonchev–Trinajstić information content (AvgIpc) is 2.16. The van der Waals surface area contributed by atoms with E-state index >= 15 is 0 Å². The van der Waals surface area contributed by atoms with Gasteiger partial charge in [-0.25, -0.2) is 0 Å². The molecule has 0 aromatic carbocycles. The molecular weight excluding hydrogens is 152 g/mol. The lowest BCUT2D eigenvalue weighted by Crippen LogP contribution is -2.06. The van der Waals surface area contributed by atoms with Crippen molar-refractivity contribution < 1.29 is 5.11 Å². The largest absolute Gasteiger partial charge is 0.393 e. The van der Waals surface area contributed by atoms with Gasteiger partial charge in [-0.3, -0.25) is 4.68 Å². The van der Waals surface area contributed by atoms with Crippen molar-refractivity contribution in [3.05, 3.63) is 17.0 Å². The fourth-order valence-electron chi connectivity index (χ4n) is 1.41. The Bertz CT molecular complexity index is 276. The summed E-state index contributed by atoms with van der Waals surface area (Å²) >= 11 is 0. The van der Waals surface area contributed by atoms with Crippen molar-refractivity contribution in [2.45, 2.75) is 33.3 Å². The molecule has 0 spiro atoms. The first-order valence-corrected chi connectivity index (χ1v) is 4.19. The molecule has 0 aliphatic heterocycles. The predicted molar refractivity (Wildman–Crippen MR) is 48.1 cm³/mol. The lowest BCUT2D eigenvalue weighted by molar-refractivity contribution is 0.195. The van der Waals surface area contributed by atoms with Gasteiger partial charge in [0.2, 0.25) is 0 Å². The van der Waals surface area contributed by atoms with E-state index < -0.39 is 0 Å². The summed E-state index contributed by atoms with van der Waals surface area (Å²) in [6.07, 6.45) is 0.414. The van der Waals surface area contributed by atoms with E-state index in [9.17, 15) is 5.11 Å².